The summed E-state index contributed by atoms with van der Waals surface area (Å²) in [7, 11) is 0. The summed E-state index contributed by atoms with van der Waals surface area (Å²) in [6.45, 7) is 1.86. The molecule has 0 bridgehead atoms. The molecule has 0 radical (unpaired) electrons. The van der Waals surface area contributed by atoms with Crippen LogP contribution < -0.4 is 10.9 Å². The lowest BCUT2D eigenvalue weighted by atomic mass is 10.2. The van der Waals surface area contributed by atoms with Gasteiger partial charge in [-0.2, -0.15) is 5.10 Å². The van der Waals surface area contributed by atoms with Gasteiger partial charge in [-0.25, -0.2) is 0 Å². The van der Waals surface area contributed by atoms with Crippen molar-refractivity contribution in [2.24, 2.45) is 0 Å². The number of carbonyl (C=O) groups excluding carboxylic acids is 1. The third-order valence-electron chi connectivity index (χ3n) is 2.41. The van der Waals surface area contributed by atoms with Crippen molar-refractivity contribution in [2.75, 3.05) is 0 Å². The number of H-pyrrole nitrogens is 2. The number of nitrogens with zero attached hydrogens (tertiary/aromatic N) is 1. The average Bonchev–Trinajstić information content (AvgIpc) is 2.83. The minimum Gasteiger partial charge on any atom is -0.345 e. The summed E-state index contributed by atoms with van der Waals surface area (Å²) in [4.78, 5) is 25.1. The fourth-order valence-electron chi connectivity index (χ4n) is 1.41. The summed E-state index contributed by atoms with van der Waals surface area (Å²) in [6, 6.07) is 2.65. The van der Waals surface area contributed by atoms with E-state index in [-0.39, 0.29) is 17.5 Å². The summed E-state index contributed by atoms with van der Waals surface area (Å²) in [5.74, 6) is -0.241. The quantitative estimate of drug-likeness (QED) is 0.723. The summed E-state index contributed by atoms with van der Waals surface area (Å²) in [5.41, 5.74) is 1.08. The Hall–Kier alpha value is -2.37. The van der Waals surface area contributed by atoms with Crippen LogP contribution in [0.25, 0.3) is 0 Å². The fourth-order valence-corrected chi connectivity index (χ4v) is 1.41. The second-order valence-electron chi connectivity index (χ2n) is 3.67. The molecule has 1 amide bonds. The molecule has 1 unspecified atom stereocenters. The Balaban J connectivity index is 2.07. The van der Waals surface area contributed by atoms with Crippen molar-refractivity contribution in [3.05, 3.63) is 52.2 Å². The highest BCUT2D eigenvalue weighted by Crippen LogP contribution is 2.09. The molecule has 0 saturated carbocycles. The van der Waals surface area contributed by atoms with Gasteiger partial charge in [-0.1, -0.05) is 0 Å². The number of aromatic amines is 2. The summed E-state index contributed by atoms with van der Waals surface area (Å²) in [5, 5.41) is 9.29. The molecule has 88 valence electrons. The smallest absolute Gasteiger partial charge is 0.253 e. The molecular formula is C11H12N4O2. The highest BCUT2D eigenvalue weighted by atomic mass is 16.2. The summed E-state index contributed by atoms with van der Waals surface area (Å²) >= 11 is 0. The Morgan fingerprint density at radius 2 is 2.24 bits per heavy atom. The molecule has 0 aliphatic heterocycles. The van der Waals surface area contributed by atoms with E-state index in [0.717, 1.165) is 5.56 Å². The molecule has 2 aromatic rings. The Kier molecular flexibility index (Phi) is 3.04. The maximum atomic E-state index is 11.8. The van der Waals surface area contributed by atoms with Crippen LogP contribution in [-0.2, 0) is 0 Å². The fraction of sp³-hybridized carbons (Fsp3) is 0.182. The number of rotatable bonds is 3. The zero-order valence-electron chi connectivity index (χ0n) is 9.23. The Bertz CT molecular complexity index is 539. The van der Waals surface area contributed by atoms with Crippen molar-refractivity contribution < 1.29 is 4.79 Å². The first-order valence-corrected chi connectivity index (χ1v) is 5.15. The minimum absolute atomic E-state index is 0.145. The van der Waals surface area contributed by atoms with Gasteiger partial charge in [-0.15, -0.1) is 0 Å². The van der Waals surface area contributed by atoms with Crippen LogP contribution >= 0.6 is 0 Å². The molecule has 6 heteroatoms. The Morgan fingerprint density at radius 3 is 2.82 bits per heavy atom. The maximum Gasteiger partial charge on any atom is 0.253 e. The third kappa shape index (κ3) is 2.60. The van der Waals surface area contributed by atoms with Crippen LogP contribution in [0, 0.1) is 0 Å². The molecule has 17 heavy (non-hydrogen) atoms. The number of carbonyl (C=O) groups is 1. The zero-order chi connectivity index (χ0) is 12.3. The van der Waals surface area contributed by atoms with Gasteiger partial charge >= 0.3 is 0 Å². The standard InChI is InChI=1S/C11H12N4O2/c1-7(9-5-13-14-6-9)15-11(17)8-2-3-10(16)12-4-8/h2-7H,1H3,(H,12,16)(H,13,14)(H,15,17). The van der Waals surface area contributed by atoms with E-state index < -0.39 is 0 Å². The predicted octanol–water partition coefficient (Wildman–Crippen LogP) is 0.589. The predicted molar refractivity (Wildman–Crippen MR) is 61.5 cm³/mol. The molecule has 1 atom stereocenters. The molecule has 0 aliphatic carbocycles. The Morgan fingerprint density at radius 1 is 1.41 bits per heavy atom. The first kappa shape index (κ1) is 11.1. The summed E-state index contributed by atoms with van der Waals surface area (Å²) < 4.78 is 0. The van der Waals surface area contributed by atoms with Gasteiger partial charge in [0.25, 0.3) is 5.91 Å². The SMILES string of the molecule is CC(NC(=O)c1ccc(=O)[nH]c1)c1cn[nH]c1. The first-order valence-electron chi connectivity index (χ1n) is 5.15. The van der Waals surface area contributed by atoms with Gasteiger partial charge in [-0.05, 0) is 13.0 Å². The van der Waals surface area contributed by atoms with E-state index in [4.69, 9.17) is 0 Å². The number of amides is 1. The van der Waals surface area contributed by atoms with Gasteiger partial charge in [0.15, 0.2) is 0 Å². The molecule has 0 fully saturated rings. The van der Waals surface area contributed by atoms with Crippen molar-refractivity contribution in [1.82, 2.24) is 20.5 Å². The molecule has 0 aromatic carbocycles. The average molecular weight is 232 g/mol. The van der Waals surface area contributed by atoms with E-state index in [0.29, 0.717) is 5.56 Å². The maximum absolute atomic E-state index is 11.8. The van der Waals surface area contributed by atoms with E-state index >= 15 is 0 Å². The van der Waals surface area contributed by atoms with Crippen LogP contribution in [-0.4, -0.2) is 21.1 Å². The van der Waals surface area contributed by atoms with Crippen molar-refractivity contribution in [3.8, 4) is 0 Å². The van der Waals surface area contributed by atoms with E-state index in [1.165, 1.54) is 18.3 Å². The number of hydrogen-bond donors (Lipinski definition) is 3. The highest BCUT2D eigenvalue weighted by molar-refractivity contribution is 5.94. The topological polar surface area (TPSA) is 90.6 Å². The normalized spacial score (nSPS) is 12.1. The van der Waals surface area contributed by atoms with Crippen molar-refractivity contribution in [1.29, 1.82) is 0 Å². The van der Waals surface area contributed by atoms with Crippen molar-refractivity contribution >= 4 is 5.91 Å². The largest absolute Gasteiger partial charge is 0.345 e. The van der Waals surface area contributed by atoms with Crippen molar-refractivity contribution in [2.45, 2.75) is 13.0 Å². The van der Waals surface area contributed by atoms with E-state index in [1.807, 2.05) is 6.92 Å². The van der Waals surface area contributed by atoms with Crippen LogP contribution in [0.4, 0.5) is 0 Å². The molecule has 0 spiro atoms. The molecule has 0 aliphatic rings. The van der Waals surface area contributed by atoms with Gasteiger partial charge in [0.05, 0.1) is 17.8 Å². The molecule has 2 rings (SSSR count). The monoisotopic (exact) mass is 232 g/mol. The Labute approximate surface area is 97.1 Å². The van der Waals surface area contributed by atoms with Crippen LogP contribution in [0.3, 0.4) is 0 Å². The molecule has 6 nitrogen and oxygen atoms in total. The second kappa shape index (κ2) is 4.65. The lowest BCUT2D eigenvalue weighted by Gasteiger charge is -2.11. The summed E-state index contributed by atoms with van der Waals surface area (Å²) in [6.07, 6.45) is 4.76. The third-order valence-corrected chi connectivity index (χ3v) is 2.41. The minimum atomic E-state index is -0.241. The van der Waals surface area contributed by atoms with E-state index in [1.54, 1.807) is 12.4 Å². The van der Waals surface area contributed by atoms with Crippen molar-refractivity contribution in [3.63, 3.8) is 0 Å². The number of nitrogens with one attached hydrogen (secondary N) is 3. The molecular weight excluding hydrogens is 220 g/mol. The molecule has 2 aromatic heterocycles. The van der Waals surface area contributed by atoms with Gasteiger partial charge in [-0.3, -0.25) is 14.7 Å². The van der Waals surface area contributed by atoms with Gasteiger partial charge in [0.2, 0.25) is 5.56 Å². The molecule has 2 heterocycles. The second-order valence-corrected chi connectivity index (χ2v) is 3.67. The van der Waals surface area contributed by atoms with E-state index in [2.05, 4.69) is 20.5 Å². The lowest BCUT2D eigenvalue weighted by Crippen LogP contribution is -2.27. The lowest BCUT2D eigenvalue weighted by molar-refractivity contribution is 0.0939. The van der Waals surface area contributed by atoms with Crippen LogP contribution in [0.5, 0.6) is 0 Å². The highest BCUT2D eigenvalue weighted by Gasteiger charge is 2.11. The van der Waals surface area contributed by atoms with Crippen LogP contribution in [0.15, 0.2) is 35.5 Å². The number of aromatic nitrogens is 3. The van der Waals surface area contributed by atoms with Gasteiger partial charge < -0.3 is 10.3 Å². The van der Waals surface area contributed by atoms with Gasteiger partial charge in [0.1, 0.15) is 0 Å². The first-order chi connectivity index (χ1) is 8.16. The number of pyridine rings is 1. The van der Waals surface area contributed by atoms with Gasteiger partial charge in [0, 0.05) is 24.0 Å². The number of hydrogen-bond acceptors (Lipinski definition) is 3. The molecule has 0 saturated heterocycles. The zero-order valence-corrected chi connectivity index (χ0v) is 9.23. The molecule has 3 N–H and O–H groups in total. The van der Waals surface area contributed by atoms with Crippen LogP contribution in [0.1, 0.15) is 28.9 Å². The van der Waals surface area contributed by atoms with Crippen LogP contribution in [0.2, 0.25) is 0 Å². The van der Waals surface area contributed by atoms with E-state index in [9.17, 15) is 9.59 Å².